The Morgan fingerprint density at radius 1 is 1.23 bits per heavy atom. The van der Waals surface area contributed by atoms with Crippen LogP contribution in [0.1, 0.15) is 22.8 Å². The molecule has 2 N–H and O–H groups in total. The van der Waals surface area contributed by atoms with Crippen molar-refractivity contribution in [3.8, 4) is 0 Å². The molecule has 5 heteroatoms. The summed E-state index contributed by atoms with van der Waals surface area (Å²) in [6, 6.07) is 13.4. The van der Waals surface area contributed by atoms with Gasteiger partial charge in [-0.05, 0) is 42.3 Å². The quantitative estimate of drug-likeness (QED) is 0.721. The zero-order valence-corrected chi connectivity index (χ0v) is 12.5. The zero-order valence-electron chi connectivity index (χ0n) is 12.5. The summed E-state index contributed by atoms with van der Waals surface area (Å²) in [5, 5.41) is 3.22. The molecule has 0 atom stereocenters. The molecule has 0 aliphatic carbocycles. The summed E-state index contributed by atoms with van der Waals surface area (Å²) in [6.45, 7) is 2.13. The van der Waals surface area contributed by atoms with Gasteiger partial charge in [0, 0.05) is 5.69 Å². The number of methoxy groups -OCH3 is 1. The lowest BCUT2D eigenvalue weighted by molar-refractivity contribution is 0.0601. The summed E-state index contributed by atoms with van der Waals surface area (Å²) in [6.07, 6.45) is 1.02. The van der Waals surface area contributed by atoms with Crippen LogP contribution in [0.5, 0.6) is 0 Å². The van der Waals surface area contributed by atoms with E-state index < -0.39 is 0 Å². The lowest BCUT2D eigenvalue weighted by Crippen LogP contribution is -2.00. The topological polar surface area (TPSA) is 67.0 Å². The van der Waals surface area contributed by atoms with E-state index in [1.165, 1.54) is 12.7 Å². The van der Waals surface area contributed by atoms with Gasteiger partial charge < -0.3 is 15.0 Å². The number of imidazole rings is 1. The van der Waals surface area contributed by atoms with E-state index in [9.17, 15) is 4.79 Å². The molecule has 0 unspecified atom stereocenters. The number of hydrogen-bond acceptors (Lipinski definition) is 4. The highest BCUT2D eigenvalue weighted by Crippen LogP contribution is 2.20. The van der Waals surface area contributed by atoms with Crippen molar-refractivity contribution in [3.63, 3.8) is 0 Å². The number of H-pyrrole nitrogens is 1. The molecule has 3 aromatic rings. The summed E-state index contributed by atoms with van der Waals surface area (Å²) >= 11 is 0. The van der Waals surface area contributed by atoms with Crippen molar-refractivity contribution >= 4 is 28.6 Å². The van der Waals surface area contributed by atoms with Crippen LogP contribution in [-0.4, -0.2) is 23.0 Å². The van der Waals surface area contributed by atoms with Crippen molar-refractivity contribution in [2.45, 2.75) is 13.3 Å². The first kappa shape index (κ1) is 14.1. The van der Waals surface area contributed by atoms with Crippen LogP contribution >= 0.6 is 0 Å². The average molecular weight is 295 g/mol. The number of carbonyl (C=O) groups excluding carboxylic acids is 1. The van der Waals surface area contributed by atoms with Gasteiger partial charge >= 0.3 is 5.97 Å². The molecule has 0 bridgehead atoms. The SMILES string of the molecule is CCc1ccc(Nc2nc3ccc(C(=O)OC)cc3[nH]2)cc1. The Balaban J connectivity index is 1.86. The van der Waals surface area contributed by atoms with E-state index in [-0.39, 0.29) is 5.97 Å². The third-order valence-electron chi connectivity index (χ3n) is 3.53. The van der Waals surface area contributed by atoms with Gasteiger partial charge in [-0.3, -0.25) is 0 Å². The van der Waals surface area contributed by atoms with E-state index in [1.54, 1.807) is 18.2 Å². The van der Waals surface area contributed by atoms with Gasteiger partial charge in [0.25, 0.3) is 0 Å². The van der Waals surface area contributed by atoms with Crippen molar-refractivity contribution in [2.75, 3.05) is 12.4 Å². The Labute approximate surface area is 128 Å². The highest BCUT2D eigenvalue weighted by atomic mass is 16.5. The van der Waals surface area contributed by atoms with E-state index in [4.69, 9.17) is 4.74 Å². The van der Waals surface area contributed by atoms with Crippen LogP contribution in [0.4, 0.5) is 11.6 Å². The smallest absolute Gasteiger partial charge is 0.337 e. The molecule has 2 aromatic carbocycles. The number of aromatic amines is 1. The molecular formula is C17H17N3O2. The van der Waals surface area contributed by atoms with Crippen molar-refractivity contribution < 1.29 is 9.53 Å². The number of carbonyl (C=O) groups is 1. The first-order chi connectivity index (χ1) is 10.7. The molecule has 1 aromatic heterocycles. The molecule has 0 fully saturated rings. The summed E-state index contributed by atoms with van der Waals surface area (Å²) in [7, 11) is 1.37. The lowest BCUT2D eigenvalue weighted by atomic mass is 10.1. The minimum Gasteiger partial charge on any atom is -0.465 e. The van der Waals surface area contributed by atoms with Crippen LogP contribution in [0.15, 0.2) is 42.5 Å². The van der Waals surface area contributed by atoms with E-state index >= 15 is 0 Å². The number of anilines is 2. The minimum atomic E-state index is -0.360. The molecule has 0 radical (unpaired) electrons. The first-order valence-electron chi connectivity index (χ1n) is 7.13. The Morgan fingerprint density at radius 2 is 2.00 bits per heavy atom. The van der Waals surface area contributed by atoms with E-state index in [0.717, 1.165) is 23.1 Å². The molecular weight excluding hydrogens is 278 g/mol. The van der Waals surface area contributed by atoms with Gasteiger partial charge in [0.2, 0.25) is 5.95 Å². The number of rotatable bonds is 4. The third-order valence-corrected chi connectivity index (χ3v) is 3.53. The maximum absolute atomic E-state index is 11.5. The number of aryl methyl sites for hydroxylation is 1. The number of ether oxygens (including phenoxy) is 1. The van der Waals surface area contributed by atoms with E-state index in [0.29, 0.717) is 11.5 Å². The average Bonchev–Trinajstić information content (AvgIpc) is 2.96. The predicted octanol–water partition coefficient (Wildman–Crippen LogP) is 3.66. The number of nitrogens with zero attached hydrogens (tertiary/aromatic N) is 1. The molecule has 1 heterocycles. The monoisotopic (exact) mass is 295 g/mol. The van der Waals surface area contributed by atoms with Crippen LogP contribution in [0.2, 0.25) is 0 Å². The first-order valence-corrected chi connectivity index (χ1v) is 7.13. The van der Waals surface area contributed by atoms with Crippen LogP contribution in [-0.2, 0) is 11.2 Å². The number of nitrogens with one attached hydrogen (secondary N) is 2. The number of benzene rings is 2. The Hall–Kier alpha value is -2.82. The van der Waals surface area contributed by atoms with Crippen LogP contribution < -0.4 is 5.32 Å². The van der Waals surface area contributed by atoms with Crippen molar-refractivity contribution in [1.82, 2.24) is 9.97 Å². The molecule has 3 rings (SSSR count). The normalized spacial score (nSPS) is 10.6. The molecule has 0 saturated heterocycles. The fraction of sp³-hybridized carbons (Fsp3) is 0.176. The molecule has 112 valence electrons. The highest BCUT2D eigenvalue weighted by Gasteiger charge is 2.09. The second kappa shape index (κ2) is 5.89. The van der Waals surface area contributed by atoms with Gasteiger partial charge in [0.15, 0.2) is 0 Å². The van der Waals surface area contributed by atoms with Gasteiger partial charge in [0.1, 0.15) is 0 Å². The van der Waals surface area contributed by atoms with Gasteiger partial charge in [-0.2, -0.15) is 0 Å². The number of aromatic nitrogens is 2. The summed E-state index contributed by atoms with van der Waals surface area (Å²) in [4.78, 5) is 19.2. The maximum atomic E-state index is 11.5. The molecule has 5 nitrogen and oxygen atoms in total. The van der Waals surface area contributed by atoms with Crippen LogP contribution in [0.3, 0.4) is 0 Å². The Morgan fingerprint density at radius 3 is 2.68 bits per heavy atom. The molecule has 0 aliphatic heterocycles. The van der Waals surface area contributed by atoms with Crippen molar-refractivity contribution in [1.29, 1.82) is 0 Å². The van der Waals surface area contributed by atoms with Crippen LogP contribution in [0, 0.1) is 0 Å². The van der Waals surface area contributed by atoms with Crippen molar-refractivity contribution in [3.05, 3.63) is 53.6 Å². The van der Waals surface area contributed by atoms with E-state index in [1.807, 2.05) is 12.1 Å². The van der Waals surface area contributed by atoms with Gasteiger partial charge in [-0.1, -0.05) is 19.1 Å². The highest BCUT2D eigenvalue weighted by molar-refractivity contribution is 5.94. The zero-order chi connectivity index (χ0) is 15.5. The Kier molecular flexibility index (Phi) is 3.78. The summed E-state index contributed by atoms with van der Waals surface area (Å²) in [5.74, 6) is 0.280. The molecule has 22 heavy (non-hydrogen) atoms. The van der Waals surface area contributed by atoms with Gasteiger partial charge in [0.05, 0.1) is 23.7 Å². The van der Waals surface area contributed by atoms with Crippen molar-refractivity contribution in [2.24, 2.45) is 0 Å². The minimum absolute atomic E-state index is 0.360. The number of hydrogen-bond donors (Lipinski definition) is 2. The van der Waals surface area contributed by atoms with Crippen LogP contribution in [0.25, 0.3) is 11.0 Å². The van der Waals surface area contributed by atoms with Gasteiger partial charge in [-0.25, -0.2) is 9.78 Å². The van der Waals surface area contributed by atoms with Gasteiger partial charge in [-0.15, -0.1) is 0 Å². The molecule has 0 aliphatic rings. The standard InChI is InChI=1S/C17H17N3O2/c1-3-11-4-7-13(8-5-11)18-17-19-14-9-6-12(16(21)22-2)10-15(14)20-17/h4-10H,3H2,1-2H3,(H2,18,19,20). The second-order valence-electron chi connectivity index (χ2n) is 4.98. The number of esters is 1. The third kappa shape index (κ3) is 2.79. The maximum Gasteiger partial charge on any atom is 0.337 e. The molecule has 0 spiro atoms. The Bertz CT molecular complexity index is 806. The second-order valence-corrected chi connectivity index (χ2v) is 4.98. The summed E-state index contributed by atoms with van der Waals surface area (Å²) in [5.41, 5.74) is 4.33. The summed E-state index contributed by atoms with van der Waals surface area (Å²) < 4.78 is 4.72. The molecule has 0 saturated carbocycles. The van der Waals surface area contributed by atoms with E-state index in [2.05, 4.69) is 34.3 Å². The largest absolute Gasteiger partial charge is 0.465 e. The lowest BCUT2D eigenvalue weighted by Gasteiger charge is -2.03. The molecule has 0 amide bonds. The fourth-order valence-electron chi connectivity index (χ4n) is 2.27. The fourth-order valence-corrected chi connectivity index (χ4v) is 2.27. The number of fused-ring (bicyclic) bond motifs is 1. The predicted molar refractivity (Wildman–Crippen MR) is 86.5 cm³/mol.